The Labute approximate surface area is 126 Å². The Morgan fingerprint density at radius 1 is 1.32 bits per heavy atom. The van der Waals surface area contributed by atoms with Gasteiger partial charge in [0, 0.05) is 6.08 Å². The summed E-state index contributed by atoms with van der Waals surface area (Å²) < 4.78 is 51.9. The minimum absolute atomic E-state index is 0.365. The molecule has 0 aromatic heterocycles. The van der Waals surface area contributed by atoms with Crippen LogP contribution in [0.25, 0.3) is 0 Å². The zero-order valence-electron chi connectivity index (χ0n) is 10.4. The van der Waals surface area contributed by atoms with E-state index < -0.39 is 15.1 Å². The lowest BCUT2D eigenvalue weighted by Gasteiger charge is -2.14. The molecule has 2 nitrogen and oxygen atoms in total. The van der Waals surface area contributed by atoms with Gasteiger partial charge in [0.1, 0.15) is 0 Å². The second kappa shape index (κ2) is 6.78. The van der Waals surface area contributed by atoms with Crippen molar-refractivity contribution in [2.24, 2.45) is 0 Å². The number of unbranched alkanes of at least 4 members (excludes halogenated alkanes) is 1. The van der Waals surface area contributed by atoms with E-state index in [1.165, 1.54) is 24.3 Å². The van der Waals surface area contributed by atoms with Crippen molar-refractivity contribution in [2.75, 3.05) is 0 Å². The molecule has 106 valence electrons. The van der Waals surface area contributed by atoms with Gasteiger partial charge in [-0.1, -0.05) is 31.5 Å². The summed E-state index contributed by atoms with van der Waals surface area (Å²) in [6.07, 6.45) is 2.65. The number of rotatable bonds is 6. The molecule has 0 N–H and O–H groups in total. The first kappa shape index (κ1) is 16.6. The zero-order valence-corrected chi connectivity index (χ0v) is 13.4. The molecule has 0 fully saturated rings. The van der Waals surface area contributed by atoms with Crippen molar-refractivity contribution >= 4 is 32.4 Å². The summed E-state index contributed by atoms with van der Waals surface area (Å²) in [7, 11) is -4.67. The monoisotopic (exact) mass is 400 g/mol. The van der Waals surface area contributed by atoms with Crippen molar-refractivity contribution in [3.8, 4) is 0 Å². The van der Waals surface area contributed by atoms with Crippen LogP contribution in [0.2, 0.25) is 0 Å². The Morgan fingerprint density at radius 2 is 1.89 bits per heavy atom. The fraction of sp³-hybridized carbons (Fsp3) is 0.385. The molecule has 0 spiro atoms. The van der Waals surface area contributed by atoms with Gasteiger partial charge < -0.3 is 0 Å². The molecule has 0 atom stereocenters. The van der Waals surface area contributed by atoms with Crippen molar-refractivity contribution in [3.63, 3.8) is 0 Å². The molecular weight excluding hydrogens is 385 g/mol. The van der Waals surface area contributed by atoms with Gasteiger partial charge in [0.15, 0.2) is 0 Å². The van der Waals surface area contributed by atoms with E-state index in [2.05, 4.69) is 0 Å². The van der Waals surface area contributed by atoms with E-state index in [0.717, 1.165) is 12.8 Å². The number of benzene rings is 1. The van der Waals surface area contributed by atoms with Crippen molar-refractivity contribution in [2.45, 2.75) is 36.3 Å². The molecular formula is C13H15F2IO2S. The van der Waals surface area contributed by atoms with E-state index in [9.17, 15) is 17.2 Å². The van der Waals surface area contributed by atoms with E-state index in [0.29, 0.717) is 16.1 Å². The third-order valence-electron chi connectivity index (χ3n) is 2.51. The number of hydrogen-bond acceptors (Lipinski definition) is 2. The highest BCUT2D eigenvalue weighted by atomic mass is 127. The highest BCUT2D eigenvalue weighted by molar-refractivity contribution is 14.1. The van der Waals surface area contributed by atoms with Gasteiger partial charge in [-0.2, -0.15) is 8.78 Å². The molecule has 0 saturated heterocycles. The second-order valence-electron chi connectivity index (χ2n) is 4.07. The number of alkyl halides is 2. The third-order valence-corrected chi connectivity index (χ3v) is 5.08. The molecule has 6 heteroatoms. The number of halogens is 3. The summed E-state index contributed by atoms with van der Waals surface area (Å²) in [4.78, 5) is -0.365. The van der Waals surface area contributed by atoms with Crippen LogP contribution in [0.3, 0.4) is 0 Å². The van der Waals surface area contributed by atoms with Crippen LogP contribution < -0.4 is 0 Å². The molecule has 0 heterocycles. The Hall–Kier alpha value is -0.500. The fourth-order valence-corrected chi connectivity index (χ4v) is 3.55. The standard InChI is InChI=1S/C13H15F2IO2S/c1-2-3-7-11(16)10-13(14,15)19(17,18)12-8-5-4-6-9-12/h4-6,8-10H,2-3,7H2,1H3/b11-10+. The Kier molecular flexibility index (Phi) is 5.91. The summed E-state index contributed by atoms with van der Waals surface area (Å²) in [5.41, 5.74) is 0. The summed E-state index contributed by atoms with van der Waals surface area (Å²) in [6.45, 7) is 1.95. The SMILES string of the molecule is CCCC/C(I)=C\C(F)(F)S(=O)(=O)c1ccccc1. The Morgan fingerprint density at radius 3 is 2.42 bits per heavy atom. The molecule has 1 aromatic rings. The molecule has 0 aliphatic rings. The van der Waals surface area contributed by atoms with Crippen LogP contribution in [0.1, 0.15) is 26.2 Å². The Bertz CT molecular complexity index is 539. The van der Waals surface area contributed by atoms with Crippen LogP contribution in [0.15, 0.2) is 44.9 Å². The van der Waals surface area contributed by atoms with Gasteiger partial charge >= 0.3 is 5.25 Å². The molecule has 0 aliphatic heterocycles. The summed E-state index contributed by atoms with van der Waals surface area (Å²) in [5.74, 6) is 0. The highest BCUT2D eigenvalue weighted by Crippen LogP contribution is 2.33. The van der Waals surface area contributed by atoms with Crippen LogP contribution >= 0.6 is 22.6 Å². The first-order valence-corrected chi connectivity index (χ1v) is 8.42. The average molecular weight is 400 g/mol. The van der Waals surface area contributed by atoms with Crippen LogP contribution in [0, 0.1) is 0 Å². The topological polar surface area (TPSA) is 34.1 Å². The molecule has 0 radical (unpaired) electrons. The number of allylic oxidation sites excluding steroid dienone is 1. The maximum Gasteiger partial charge on any atom is 0.369 e. The van der Waals surface area contributed by atoms with Crippen molar-refractivity contribution in [3.05, 3.63) is 40.0 Å². The van der Waals surface area contributed by atoms with Gasteiger partial charge in [0.05, 0.1) is 4.90 Å². The molecule has 19 heavy (non-hydrogen) atoms. The molecule has 0 amide bonds. The second-order valence-corrected chi connectivity index (χ2v) is 7.48. The van der Waals surface area contributed by atoms with E-state index >= 15 is 0 Å². The summed E-state index contributed by atoms with van der Waals surface area (Å²) >= 11 is 1.77. The minimum atomic E-state index is -4.67. The molecule has 1 aromatic carbocycles. The normalized spacial score (nSPS) is 13.6. The molecule has 1 rings (SSSR count). The van der Waals surface area contributed by atoms with Gasteiger partial charge in [0.25, 0.3) is 0 Å². The summed E-state index contributed by atoms with van der Waals surface area (Å²) in [5, 5.41) is -3.88. The first-order valence-electron chi connectivity index (χ1n) is 5.86. The van der Waals surface area contributed by atoms with Gasteiger partial charge in [-0.3, -0.25) is 0 Å². The van der Waals surface area contributed by atoms with E-state index in [1.807, 2.05) is 6.92 Å². The molecule has 0 unspecified atom stereocenters. The third kappa shape index (κ3) is 4.24. The first-order chi connectivity index (χ1) is 8.81. The lowest BCUT2D eigenvalue weighted by molar-refractivity contribution is 0.146. The van der Waals surface area contributed by atoms with Gasteiger partial charge in [-0.15, -0.1) is 0 Å². The number of hydrogen-bond donors (Lipinski definition) is 0. The van der Waals surface area contributed by atoms with Crippen molar-refractivity contribution < 1.29 is 17.2 Å². The van der Waals surface area contributed by atoms with Gasteiger partial charge in [-0.05, 0) is 51.1 Å². The quantitative estimate of drug-likeness (QED) is 0.656. The van der Waals surface area contributed by atoms with E-state index in [1.54, 1.807) is 28.7 Å². The largest absolute Gasteiger partial charge is 0.369 e. The van der Waals surface area contributed by atoms with Crippen LogP contribution in [0.5, 0.6) is 0 Å². The van der Waals surface area contributed by atoms with Gasteiger partial charge in [0.2, 0.25) is 9.84 Å². The number of sulfone groups is 1. The highest BCUT2D eigenvalue weighted by Gasteiger charge is 2.44. The van der Waals surface area contributed by atoms with Crippen molar-refractivity contribution in [1.29, 1.82) is 0 Å². The lowest BCUT2D eigenvalue weighted by Crippen LogP contribution is -2.26. The minimum Gasteiger partial charge on any atom is -0.217 e. The molecule has 0 aliphatic carbocycles. The fourth-order valence-electron chi connectivity index (χ4n) is 1.43. The zero-order chi connectivity index (χ0) is 14.5. The lowest BCUT2D eigenvalue weighted by atomic mass is 10.2. The van der Waals surface area contributed by atoms with Crippen molar-refractivity contribution in [1.82, 2.24) is 0 Å². The predicted molar refractivity (Wildman–Crippen MR) is 80.2 cm³/mol. The molecule has 0 saturated carbocycles. The maximum atomic E-state index is 13.9. The van der Waals surface area contributed by atoms with Crippen LogP contribution in [0.4, 0.5) is 8.78 Å². The summed E-state index contributed by atoms with van der Waals surface area (Å²) in [6, 6.07) is 6.79. The Balaban J connectivity index is 3.06. The maximum absolute atomic E-state index is 13.9. The van der Waals surface area contributed by atoms with Gasteiger partial charge in [-0.25, -0.2) is 8.42 Å². The van der Waals surface area contributed by atoms with E-state index in [4.69, 9.17) is 0 Å². The van der Waals surface area contributed by atoms with Crippen LogP contribution in [-0.4, -0.2) is 13.7 Å². The predicted octanol–water partition coefficient (Wildman–Crippen LogP) is 4.56. The van der Waals surface area contributed by atoms with Crippen LogP contribution in [-0.2, 0) is 9.84 Å². The average Bonchev–Trinajstić information content (AvgIpc) is 2.36. The molecule has 0 bridgehead atoms. The van der Waals surface area contributed by atoms with E-state index in [-0.39, 0.29) is 4.90 Å². The smallest absolute Gasteiger partial charge is 0.217 e.